The van der Waals surface area contributed by atoms with Gasteiger partial charge in [0.1, 0.15) is 5.78 Å². The number of rotatable bonds is 3. The predicted octanol–water partition coefficient (Wildman–Crippen LogP) is 5.39. The van der Waals surface area contributed by atoms with E-state index in [0.717, 1.165) is 12.8 Å². The number of hydrogen-bond donors (Lipinski definition) is 0. The van der Waals surface area contributed by atoms with Crippen LogP contribution in [0.1, 0.15) is 56.2 Å². The van der Waals surface area contributed by atoms with E-state index >= 15 is 0 Å². The van der Waals surface area contributed by atoms with Crippen molar-refractivity contribution in [3.05, 3.63) is 71.3 Å². The molecule has 120 valence electrons. The van der Waals surface area contributed by atoms with Gasteiger partial charge >= 0.3 is 0 Å². The molecule has 2 aromatic carbocycles. The molecule has 2 aromatic rings. The van der Waals surface area contributed by atoms with Crippen LogP contribution in [0.4, 0.5) is 0 Å². The monoisotopic (exact) mass is 306 g/mol. The van der Waals surface area contributed by atoms with Crippen LogP contribution in [0.15, 0.2) is 54.6 Å². The molecule has 3 rings (SSSR count). The fourth-order valence-electron chi connectivity index (χ4n) is 3.73. The summed E-state index contributed by atoms with van der Waals surface area (Å²) in [6.45, 7) is 6.45. The lowest BCUT2D eigenvalue weighted by Crippen LogP contribution is -2.28. The first-order valence-electron chi connectivity index (χ1n) is 8.59. The van der Waals surface area contributed by atoms with E-state index in [9.17, 15) is 4.79 Å². The van der Waals surface area contributed by atoms with E-state index < -0.39 is 0 Å². The van der Waals surface area contributed by atoms with E-state index in [1.807, 2.05) is 0 Å². The van der Waals surface area contributed by atoms with E-state index in [2.05, 4.69) is 75.4 Å². The Kier molecular flexibility index (Phi) is 4.39. The Morgan fingerprint density at radius 1 is 1.00 bits per heavy atom. The number of carbonyl (C=O) groups is 1. The highest BCUT2D eigenvalue weighted by molar-refractivity contribution is 5.82. The standard InChI is InChI=1S/C22H26O/c1-22(2,3)15-21(23)18-13-17-11-7-8-12-19(17)20(14-18)16-9-5-4-6-10-16/h4-12,18,20H,13-15H2,1-3H3/t18?,20-/m0/s1. The van der Waals surface area contributed by atoms with Gasteiger partial charge in [-0.2, -0.15) is 0 Å². The summed E-state index contributed by atoms with van der Waals surface area (Å²) >= 11 is 0. The van der Waals surface area contributed by atoms with Crippen LogP contribution in [0.25, 0.3) is 0 Å². The highest BCUT2D eigenvalue weighted by Crippen LogP contribution is 2.40. The molecule has 23 heavy (non-hydrogen) atoms. The molecule has 0 radical (unpaired) electrons. The Bertz CT molecular complexity index is 679. The minimum absolute atomic E-state index is 0.0658. The molecular formula is C22H26O. The topological polar surface area (TPSA) is 17.1 Å². The van der Waals surface area contributed by atoms with Gasteiger partial charge in [-0.25, -0.2) is 0 Å². The van der Waals surface area contributed by atoms with Crippen LogP contribution in [0, 0.1) is 11.3 Å². The van der Waals surface area contributed by atoms with Gasteiger partial charge in [0.2, 0.25) is 0 Å². The minimum atomic E-state index is 0.0658. The molecule has 0 bridgehead atoms. The summed E-state index contributed by atoms with van der Waals surface area (Å²) in [7, 11) is 0. The molecule has 0 spiro atoms. The third kappa shape index (κ3) is 3.72. The van der Waals surface area contributed by atoms with E-state index in [-0.39, 0.29) is 11.3 Å². The predicted molar refractivity (Wildman–Crippen MR) is 95.6 cm³/mol. The van der Waals surface area contributed by atoms with Gasteiger partial charge in [-0.1, -0.05) is 75.4 Å². The molecule has 0 saturated heterocycles. The largest absolute Gasteiger partial charge is 0.299 e. The lowest BCUT2D eigenvalue weighted by atomic mass is 9.71. The Morgan fingerprint density at radius 3 is 2.35 bits per heavy atom. The van der Waals surface area contributed by atoms with Gasteiger partial charge in [0.25, 0.3) is 0 Å². The first-order valence-corrected chi connectivity index (χ1v) is 8.59. The van der Waals surface area contributed by atoms with Gasteiger partial charge in [0.05, 0.1) is 0 Å². The van der Waals surface area contributed by atoms with Crippen LogP contribution >= 0.6 is 0 Å². The van der Waals surface area contributed by atoms with Crippen LogP contribution in [0.3, 0.4) is 0 Å². The summed E-state index contributed by atoms with van der Waals surface area (Å²) in [6.07, 6.45) is 2.51. The summed E-state index contributed by atoms with van der Waals surface area (Å²) in [5.74, 6) is 0.914. The summed E-state index contributed by atoms with van der Waals surface area (Å²) in [5.41, 5.74) is 4.14. The van der Waals surface area contributed by atoms with Crippen molar-refractivity contribution in [1.29, 1.82) is 0 Å². The summed E-state index contributed by atoms with van der Waals surface area (Å²) < 4.78 is 0. The molecule has 1 heteroatoms. The highest BCUT2D eigenvalue weighted by atomic mass is 16.1. The minimum Gasteiger partial charge on any atom is -0.299 e. The quantitative estimate of drug-likeness (QED) is 0.743. The third-order valence-electron chi connectivity index (χ3n) is 4.78. The van der Waals surface area contributed by atoms with Crippen molar-refractivity contribution >= 4 is 5.78 Å². The number of carbonyl (C=O) groups excluding carboxylic acids is 1. The van der Waals surface area contributed by atoms with Crippen molar-refractivity contribution in [2.75, 3.05) is 0 Å². The molecule has 1 aliphatic carbocycles. The molecule has 0 aliphatic heterocycles. The van der Waals surface area contributed by atoms with Crippen molar-refractivity contribution in [1.82, 2.24) is 0 Å². The lowest BCUT2D eigenvalue weighted by Gasteiger charge is -2.32. The van der Waals surface area contributed by atoms with Gasteiger partial charge in [0, 0.05) is 18.3 Å². The smallest absolute Gasteiger partial charge is 0.136 e. The lowest BCUT2D eigenvalue weighted by molar-refractivity contribution is -0.125. The average Bonchev–Trinajstić information content (AvgIpc) is 2.53. The first-order chi connectivity index (χ1) is 10.9. The van der Waals surface area contributed by atoms with Crippen LogP contribution < -0.4 is 0 Å². The Labute approximate surface area is 139 Å². The molecule has 2 atom stereocenters. The zero-order valence-corrected chi connectivity index (χ0v) is 14.4. The van der Waals surface area contributed by atoms with Crippen LogP contribution in [0.5, 0.6) is 0 Å². The number of ketones is 1. The Morgan fingerprint density at radius 2 is 1.65 bits per heavy atom. The fraction of sp³-hybridized carbons (Fsp3) is 0.409. The van der Waals surface area contributed by atoms with Crippen molar-refractivity contribution < 1.29 is 4.79 Å². The van der Waals surface area contributed by atoms with Crippen molar-refractivity contribution in [3.63, 3.8) is 0 Å². The SMILES string of the molecule is CC(C)(C)CC(=O)C1Cc2ccccc2[C@H](c2ccccc2)C1. The maximum atomic E-state index is 12.8. The van der Waals surface area contributed by atoms with Gasteiger partial charge in [-0.15, -0.1) is 0 Å². The molecule has 0 saturated carbocycles. The van der Waals surface area contributed by atoms with Crippen LogP contribution in [-0.4, -0.2) is 5.78 Å². The second-order valence-electron chi connectivity index (χ2n) is 8.00. The van der Waals surface area contributed by atoms with E-state index in [1.54, 1.807) is 0 Å². The summed E-state index contributed by atoms with van der Waals surface area (Å²) in [5, 5.41) is 0. The average molecular weight is 306 g/mol. The second kappa shape index (κ2) is 6.31. The molecule has 0 aromatic heterocycles. The zero-order valence-electron chi connectivity index (χ0n) is 14.4. The summed E-state index contributed by atoms with van der Waals surface area (Å²) in [6, 6.07) is 19.3. The zero-order chi connectivity index (χ0) is 16.4. The number of fused-ring (bicyclic) bond motifs is 1. The number of Topliss-reactive ketones (excluding diaryl/α,β-unsaturated/α-hetero) is 1. The van der Waals surface area contributed by atoms with Crippen LogP contribution in [-0.2, 0) is 11.2 Å². The number of benzene rings is 2. The van der Waals surface area contributed by atoms with E-state index in [4.69, 9.17) is 0 Å². The molecule has 1 unspecified atom stereocenters. The highest BCUT2D eigenvalue weighted by Gasteiger charge is 2.32. The van der Waals surface area contributed by atoms with Crippen molar-refractivity contribution in [3.8, 4) is 0 Å². The van der Waals surface area contributed by atoms with Crippen molar-refractivity contribution in [2.45, 2.75) is 46.0 Å². The molecular weight excluding hydrogens is 280 g/mol. The van der Waals surface area contributed by atoms with E-state index in [1.165, 1.54) is 16.7 Å². The van der Waals surface area contributed by atoms with Crippen LogP contribution in [0.2, 0.25) is 0 Å². The van der Waals surface area contributed by atoms with Gasteiger partial charge in [-0.3, -0.25) is 4.79 Å². The normalized spacial score (nSPS) is 20.8. The van der Waals surface area contributed by atoms with Gasteiger partial charge < -0.3 is 0 Å². The molecule has 0 fully saturated rings. The van der Waals surface area contributed by atoms with Gasteiger partial charge in [0.15, 0.2) is 0 Å². The molecule has 0 amide bonds. The fourth-order valence-corrected chi connectivity index (χ4v) is 3.73. The maximum absolute atomic E-state index is 12.8. The Balaban J connectivity index is 1.92. The Hall–Kier alpha value is -1.89. The van der Waals surface area contributed by atoms with E-state index in [0.29, 0.717) is 18.1 Å². The second-order valence-corrected chi connectivity index (χ2v) is 8.00. The molecule has 0 heterocycles. The molecule has 1 aliphatic rings. The molecule has 0 N–H and O–H groups in total. The molecule has 1 nitrogen and oxygen atoms in total. The number of hydrogen-bond acceptors (Lipinski definition) is 1. The maximum Gasteiger partial charge on any atom is 0.136 e. The van der Waals surface area contributed by atoms with Crippen molar-refractivity contribution in [2.24, 2.45) is 11.3 Å². The van der Waals surface area contributed by atoms with Gasteiger partial charge in [-0.05, 0) is 34.9 Å². The third-order valence-corrected chi connectivity index (χ3v) is 4.78. The summed E-state index contributed by atoms with van der Waals surface area (Å²) in [4.78, 5) is 12.8. The first kappa shape index (κ1) is 16.0.